The molecule has 5 aromatic rings. The van der Waals surface area contributed by atoms with E-state index in [0.29, 0.717) is 28.2 Å². The van der Waals surface area contributed by atoms with Gasteiger partial charge < -0.3 is 40.1 Å². The molecule has 0 saturated carbocycles. The lowest BCUT2D eigenvalue weighted by Gasteiger charge is -2.27. The van der Waals surface area contributed by atoms with Gasteiger partial charge in [0.15, 0.2) is 0 Å². The highest BCUT2D eigenvalue weighted by Crippen LogP contribution is 2.29. The van der Waals surface area contributed by atoms with E-state index in [0.717, 1.165) is 87.6 Å². The number of hydrogen-bond donors (Lipinski definition) is 3. The van der Waals surface area contributed by atoms with Crippen molar-refractivity contribution >= 4 is 40.3 Å². The van der Waals surface area contributed by atoms with Crippen molar-refractivity contribution in [1.29, 1.82) is 0 Å². The van der Waals surface area contributed by atoms with Gasteiger partial charge in [-0.15, -0.1) is 0 Å². The number of nitrogens with zero attached hydrogens (tertiary/aromatic N) is 3. The summed E-state index contributed by atoms with van der Waals surface area (Å²) < 4.78 is 11.9. The monoisotopic (exact) mass is 864 g/mol. The lowest BCUT2D eigenvalue weighted by Crippen LogP contribution is -2.37. The fourth-order valence-corrected chi connectivity index (χ4v) is 8.50. The number of likely N-dealkylation sites (N-methyl/N-ethyl adjacent to an activating group) is 3. The molecule has 0 radical (unpaired) electrons. The molecule has 0 spiro atoms. The number of para-hydroxylation sites is 2. The van der Waals surface area contributed by atoms with Crippen LogP contribution in [0.25, 0.3) is 0 Å². The summed E-state index contributed by atoms with van der Waals surface area (Å²) in [6.07, 6.45) is 7.67. The Morgan fingerprint density at radius 3 is 1.16 bits per heavy atom. The molecule has 8 rings (SSSR count). The van der Waals surface area contributed by atoms with Gasteiger partial charge in [0.25, 0.3) is 0 Å². The van der Waals surface area contributed by atoms with Gasteiger partial charge >= 0.3 is 0 Å². The first-order valence-electron chi connectivity index (χ1n) is 22.5. The minimum atomic E-state index is 0.601. The van der Waals surface area contributed by atoms with Crippen molar-refractivity contribution in [3.8, 4) is 23.0 Å². The van der Waals surface area contributed by atoms with Gasteiger partial charge in [0, 0.05) is 86.6 Å². The molecule has 0 aromatic heterocycles. The Bertz CT molecular complexity index is 1880. The van der Waals surface area contributed by atoms with Gasteiger partial charge in [-0.05, 0) is 146 Å². The third kappa shape index (κ3) is 14.9. The molecule has 0 bridgehead atoms. The van der Waals surface area contributed by atoms with E-state index in [2.05, 4.69) is 87.8 Å². The minimum absolute atomic E-state index is 0.601. The molecule has 61 heavy (non-hydrogen) atoms. The molecular formula is C51H66Cl2N6O2. The molecule has 0 amide bonds. The lowest BCUT2D eigenvalue weighted by molar-refractivity contribution is 0.482. The average Bonchev–Trinajstić information content (AvgIpc) is 4.12. The van der Waals surface area contributed by atoms with Crippen LogP contribution in [0, 0.1) is 0 Å². The van der Waals surface area contributed by atoms with Gasteiger partial charge in [-0.25, -0.2) is 0 Å². The summed E-state index contributed by atoms with van der Waals surface area (Å²) in [5.41, 5.74) is 3.60. The van der Waals surface area contributed by atoms with Crippen LogP contribution in [-0.2, 0) is 0 Å². The second-order valence-corrected chi connectivity index (χ2v) is 16.7. The molecule has 5 aromatic carbocycles. The van der Waals surface area contributed by atoms with Crippen LogP contribution in [0.5, 0.6) is 23.0 Å². The topological polar surface area (TPSA) is 64.3 Å². The van der Waals surface area contributed by atoms with Crippen LogP contribution in [0.3, 0.4) is 0 Å². The minimum Gasteiger partial charge on any atom is -0.457 e. The quantitative estimate of drug-likeness (QED) is 0.0907. The van der Waals surface area contributed by atoms with Crippen LogP contribution in [0.4, 0.5) is 17.1 Å². The third-order valence-electron chi connectivity index (χ3n) is 11.5. The van der Waals surface area contributed by atoms with E-state index in [1.54, 1.807) is 0 Å². The second-order valence-electron chi connectivity index (χ2n) is 15.9. The molecule has 8 nitrogen and oxygen atoms in total. The zero-order valence-electron chi connectivity index (χ0n) is 36.4. The summed E-state index contributed by atoms with van der Waals surface area (Å²) in [6.45, 7) is 16.2. The van der Waals surface area contributed by atoms with Crippen LogP contribution < -0.4 is 40.1 Å². The Labute approximate surface area is 375 Å². The molecule has 3 N–H and O–H groups in total. The Hall–Kier alpha value is -4.44. The van der Waals surface area contributed by atoms with E-state index >= 15 is 0 Å². The standard InChI is InChI=1S/2C19H24N2O.C13H18Cl2N2/c2*1-2-21(15-16-8-7-13-20-16)17-9-6-12-19(14-17)22-18-10-4-3-5-11-18;1-2-17(9-10-4-3-7-16-10)11-5-6-12(14)13(15)8-11/h2*3-6,9-12,14,16,20H,2,7-8,13,15H2,1H3;5-6,8,10,16H,2-4,7,9H2,1H3/t2*16-;10-/m100/s1. The number of anilines is 3. The maximum atomic E-state index is 6.06. The predicted octanol–water partition coefficient (Wildman–Crippen LogP) is 11.7. The third-order valence-corrected chi connectivity index (χ3v) is 12.3. The maximum Gasteiger partial charge on any atom is 0.129 e. The molecule has 0 unspecified atom stereocenters. The predicted molar refractivity (Wildman–Crippen MR) is 259 cm³/mol. The summed E-state index contributed by atoms with van der Waals surface area (Å²) in [5.74, 6) is 3.53. The van der Waals surface area contributed by atoms with Crippen molar-refractivity contribution in [2.75, 3.05) is 73.6 Å². The van der Waals surface area contributed by atoms with Crippen LogP contribution in [0.1, 0.15) is 59.3 Å². The van der Waals surface area contributed by atoms with Crippen molar-refractivity contribution < 1.29 is 9.47 Å². The number of halogens is 2. The van der Waals surface area contributed by atoms with Gasteiger partial charge in [0.2, 0.25) is 0 Å². The molecule has 3 atom stereocenters. The molecule has 10 heteroatoms. The lowest BCUT2D eigenvalue weighted by atomic mass is 10.2. The van der Waals surface area contributed by atoms with E-state index < -0.39 is 0 Å². The molecule has 3 aliphatic rings. The molecular weight excluding hydrogens is 800 g/mol. The molecule has 3 heterocycles. The van der Waals surface area contributed by atoms with Crippen molar-refractivity contribution in [2.45, 2.75) is 77.4 Å². The summed E-state index contributed by atoms with van der Waals surface area (Å²) in [4.78, 5) is 7.17. The van der Waals surface area contributed by atoms with E-state index in [4.69, 9.17) is 32.7 Å². The van der Waals surface area contributed by atoms with Crippen molar-refractivity contribution in [2.24, 2.45) is 0 Å². The van der Waals surface area contributed by atoms with Gasteiger partial charge in [-0.2, -0.15) is 0 Å². The van der Waals surface area contributed by atoms with E-state index in [9.17, 15) is 0 Å². The second kappa shape index (κ2) is 24.9. The highest BCUT2D eigenvalue weighted by Gasteiger charge is 2.20. The molecule has 0 aliphatic carbocycles. The van der Waals surface area contributed by atoms with Crippen LogP contribution >= 0.6 is 23.2 Å². The SMILES string of the molecule is CCN(C[C@@H]1CCCN1)c1ccc(Cl)c(Cl)c1.CCN(C[C@@H]1CCCN1)c1cccc(Oc2ccccc2)c1.CCN(C[C@H]1CCCN1)c1cccc(Oc2ccccc2)c1. The highest BCUT2D eigenvalue weighted by atomic mass is 35.5. The van der Waals surface area contributed by atoms with Gasteiger partial charge in [-0.1, -0.05) is 71.7 Å². The Morgan fingerprint density at radius 2 is 0.820 bits per heavy atom. The number of rotatable bonds is 16. The Morgan fingerprint density at radius 1 is 0.443 bits per heavy atom. The van der Waals surface area contributed by atoms with Gasteiger partial charge in [-0.3, -0.25) is 0 Å². The zero-order valence-corrected chi connectivity index (χ0v) is 37.9. The average molecular weight is 866 g/mol. The summed E-state index contributed by atoms with van der Waals surface area (Å²) in [5, 5.41) is 11.9. The first-order valence-corrected chi connectivity index (χ1v) is 23.2. The molecule has 3 aliphatic heterocycles. The molecule has 3 fully saturated rings. The Kier molecular flexibility index (Phi) is 18.8. The van der Waals surface area contributed by atoms with Crippen LogP contribution in [0.15, 0.2) is 127 Å². The fraction of sp³-hybridized carbons (Fsp3) is 0.412. The Balaban J connectivity index is 0.000000155. The van der Waals surface area contributed by atoms with Crippen LogP contribution in [-0.4, -0.2) is 77.0 Å². The van der Waals surface area contributed by atoms with E-state index in [-0.39, 0.29) is 0 Å². The number of nitrogens with one attached hydrogen (secondary N) is 3. The van der Waals surface area contributed by atoms with E-state index in [1.807, 2.05) is 91.0 Å². The van der Waals surface area contributed by atoms with E-state index in [1.165, 1.54) is 49.9 Å². The summed E-state index contributed by atoms with van der Waals surface area (Å²) >= 11 is 12.0. The smallest absolute Gasteiger partial charge is 0.129 e. The van der Waals surface area contributed by atoms with Gasteiger partial charge in [0.1, 0.15) is 23.0 Å². The van der Waals surface area contributed by atoms with Crippen molar-refractivity contribution in [3.63, 3.8) is 0 Å². The first kappa shape index (κ1) is 46.1. The van der Waals surface area contributed by atoms with Crippen molar-refractivity contribution in [1.82, 2.24) is 16.0 Å². The first-order chi connectivity index (χ1) is 29.9. The normalized spacial score (nSPS) is 18.0. The number of benzene rings is 5. The molecule has 3 saturated heterocycles. The molecule has 326 valence electrons. The fourth-order valence-electron chi connectivity index (χ4n) is 8.21. The van der Waals surface area contributed by atoms with Gasteiger partial charge in [0.05, 0.1) is 10.0 Å². The van der Waals surface area contributed by atoms with Crippen LogP contribution in [0.2, 0.25) is 10.0 Å². The summed E-state index contributed by atoms with van der Waals surface area (Å²) in [7, 11) is 0. The zero-order chi connectivity index (χ0) is 42.7. The largest absolute Gasteiger partial charge is 0.457 e. The highest BCUT2D eigenvalue weighted by molar-refractivity contribution is 6.42. The number of hydrogen-bond acceptors (Lipinski definition) is 8. The maximum absolute atomic E-state index is 6.06. The summed E-state index contributed by atoms with van der Waals surface area (Å²) in [6, 6.07) is 44.3. The number of ether oxygens (including phenoxy) is 2. The van der Waals surface area contributed by atoms with Crippen molar-refractivity contribution in [3.05, 3.63) is 137 Å².